The highest BCUT2D eigenvalue weighted by atomic mass is 19.1. The highest BCUT2D eigenvalue weighted by molar-refractivity contribution is 5.92. The van der Waals surface area contributed by atoms with Crippen molar-refractivity contribution in [2.75, 3.05) is 7.11 Å². The molecular formula is C15H17FN2O4. The van der Waals surface area contributed by atoms with Crippen LogP contribution in [-0.4, -0.2) is 29.3 Å². The number of nitrogens with zero attached hydrogens (tertiary/aromatic N) is 1. The Bertz CT molecular complexity index is 627. The third-order valence-corrected chi connectivity index (χ3v) is 3.12. The van der Waals surface area contributed by atoms with Crippen molar-refractivity contribution in [1.29, 1.82) is 0 Å². The van der Waals surface area contributed by atoms with Crippen LogP contribution in [0.4, 0.5) is 4.39 Å². The SMILES string of the molecule is COCc1cc(C(=O)NC(C)C(O)c2ccc(F)cc2)no1. The Balaban J connectivity index is 1.99. The summed E-state index contributed by atoms with van der Waals surface area (Å²) in [4.78, 5) is 12.0. The quantitative estimate of drug-likeness (QED) is 0.850. The lowest BCUT2D eigenvalue weighted by Crippen LogP contribution is -2.37. The van der Waals surface area contributed by atoms with E-state index in [0.29, 0.717) is 11.3 Å². The lowest BCUT2D eigenvalue weighted by molar-refractivity contribution is 0.0843. The Labute approximate surface area is 126 Å². The van der Waals surface area contributed by atoms with Gasteiger partial charge in [0.1, 0.15) is 12.4 Å². The Morgan fingerprint density at radius 3 is 2.77 bits per heavy atom. The van der Waals surface area contributed by atoms with E-state index >= 15 is 0 Å². The molecule has 22 heavy (non-hydrogen) atoms. The zero-order valence-electron chi connectivity index (χ0n) is 12.2. The van der Waals surface area contributed by atoms with Gasteiger partial charge in [-0.25, -0.2) is 4.39 Å². The molecule has 0 saturated carbocycles. The molecule has 2 atom stereocenters. The number of methoxy groups -OCH3 is 1. The Morgan fingerprint density at radius 2 is 2.14 bits per heavy atom. The Hall–Kier alpha value is -2.25. The minimum Gasteiger partial charge on any atom is -0.386 e. The number of nitrogens with one attached hydrogen (secondary N) is 1. The Kier molecular flexibility index (Phi) is 5.24. The summed E-state index contributed by atoms with van der Waals surface area (Å²) in [6.07, 6.45) is -0.963. The molecule has 1 aromatic heterocycles. The van der Waals surface area contributed by atoms with Gasteiger partial charge in [0, 0.05) is 13.2 Å². The van der Waals surface area contributed by atoms with Gasteiger partial charge in [0.25, 0.3) is 5.91 Å². The number of halogens is 1. The van der Waals surface area contributed by atoms with E-state index in [1.165, 1.54) is 37.4 Å². The van der Waals surface area contributed by atoms with Gasteiger partial charge in [0.2, 0.25) is 0 Å². The first-order valence-corrected chi connectivity index (χ1v) is 6.70. The monoisotopic (exact) mass is 308 g/mol. The summed E-state index contributed by atoms with van der Waals surface area (Å²) in [6.45, 7) is 1.86. The summed E-state index contributed by atoms with van der Waals surface area (Å²) in [5, 5.41) is 16.4. The van der Waals surface area contributed by atoms with Crippen molar-refractivity contribution in [3.05, 3.63) is 53.2 Å². The van der Waals surface area contributed by atoms with Gasteiger partial charge in [-0.2, -0.15) is 0 Å². The molecule has 2 rings (SSSR count). The minimum absolute atomic E-state index is 0.102. The summed E-state index contributed by atoms with van der Waals surface area (Å²) in [5.74, 6) is -0.431. The number of aliphatic hydroxyl groups excluding tert-OH is 1. The maximum absolute atomic E-state index is 12.9. The molecule has 7 heteroatoms. The third kappa shape index (κ3) is 3.90. The number of rotatable bonds is 6. The molecule has 0 aliphatic heterocycles. The second-order valence-electron chi connectivity index (χ2n) is 4.87. The van der Waals surface area contributed by atoms with Gasteiger partial charge < -0.3 is 19.7 Å². The molecule has 0 bridgehead atoms. The summed E-state index contributed by atoms with van der Waals surface area (Å²) in [5.41, 5.74) is 0.611. The second-order valence-corrected chi connectivity index (χ2v) is 4.87. The summed E-state index contributed by atoms with van der Waals surface area (Å²) < 4.78 is 22.7. The molecule has 2 aromatic rings. The van der Waals surface area contributed by atoms with E-state index in [4.69, 9.17) is 9.26 Å². The van der Waals surface area contributed by atoms with Crippen LogP contribution in [0.1, 0.15) is 34.8 Å². The standard InChI is InChI=1S/C15H17FN2O4/c1-9(14(19)10-3-5-11(16)6-4-10)17-15(20)13-7-12(8-21-2)22-18-13/h3-7,9,14,19H,8H2,1-2H3,(H,17,20). The predicted molar refractivity (Wildman–Crippen MR) is 75.5 cm³/mol. The molecule has 0 fully saturated rings. The average Bonchev–Trinajstić information content (AvgIpc) is 2.96. The van der Waals surface area contributed by atoms with Crippen molar-refractivity contribution >= 4 is 5.91 Å². The van der Waals surface area contributed by atoms with E-state index in [9.17, 15) is 14.3 Å². The molecule has 1 amide bonds. The van der Waals surface area contributed by atoms with Crippen molar-refractivity contribution < 1.29 is 23.6 Å². The fraction of sp³-hybridized carbons (Fsp3) is 0.333. The first-order chi connectivity index (χ1) is 10.5. The van der Waals surface area contributed by atoms with Crippen molar-refractivity contribution in [2.45, 2.75) is 25.7 Å². The van der Waals surface area contributed by atoms with Gasteiger partial charge >= 0.3 is 0 Å². The molecule has 0 aliphatic rings. The van der Waals surface area contributed by atoms with Crippen LogP contribution in [0.25, 0.3) is 0 Å². The second kappa shape index (κ2) is 7.15. The van der Waals surface area contributed by atoms with Gasteiger partial charge in [0.05, 0.1) is 12.1 Å². The maximum Gasteiger partial charge on any atom is 0.273 e. The van der Waals surface area contributed by atoms with E-state index < -0.39 is 18.1 Å². The van der Waals surface area contributed by atoms with Crippen molar-refractivity contribution in [3.8, 4) is 0 Å². The van der Waals surface area contributed by atoms with Crippen LogP contribution in [0, 0.1) is 5.82 Å². The van der Waals surface area contributed by atoms with Crippen LogP contribution in [0.2, 0.25) is 0 Å². The maximum atomic E-state index is 12.9. The van der Waals surface area contributed by atoms with Gasteiger partial charge in [-0.15, -0.1) is 0 Å². The van der Waals surface area contributed by atoms with Gasteiger partial charge in [0.15, 0.2) is 11.5 Å². The van der Waals surface area contributed by atoms with Gasteiger partial charge in [-0.05, 0) is 24.6 Å². The molecule has 0 spiro atoms. The molecular weight excluding hydrogens is 291 g/mol. The zero-order valence-corrected chi connectivity index (χ0v) is 12.2. The van der Waals surface area contributed by atoms with E-state index in [1.807, 2.05) is 0 Å². The molecule has 6 nitrogen and oxygen atoms in total. The minimum atomic E-state index is -0.963. The van der Waals surface area contributed by atoms with Crippen LogP contribution < -0.4 is 5.32 Å². The normalized spacial score (nSPS) is 13.6. The van der Waals surface area contributed by atoms with Crippen LogP contribution in [0.5, 0.6) is 0 Å². The summed E-state index contributed by atoms with van der Waals surface area (Å²) in [6, 6.07) is 6.32. The van der Waals surface area contributed by atoms with Crippen LogP contribution in [-0.2, 0) is 11.3 Å². The zero-order chi connectivity index (χ0) is 16.1. The molecule has 0 aliphatic carbocycles. The number of benzene rings is 1. The smallest absolute Gasteiger partial charge is 0.273 e. The van der Waals surface area contributed by atoms with E-state index in [-0.39, 0.29) is 18.1 Å². The fourth-order valence-corrected chi connectivity index (χ4v) is 1.94. The lowest BCUT2D eigenvalue weighted by atomic mass is 10.0. The van der Waals surface area contributed by atoms with Crippen LogP contribution in [0.3, 0.4) is 0 Å². The Morgan fingerprint density at radius 1 is 1.45 bits per heavy atom. The number of carbonyl (C=O) groups excluding carboxylic acids is 1. The molecule has 2 N–H and O–H groups in total. The molecule has 1 heterocycles. The largest absolute Gasteiger partial charge is 0.386 e. The molecule has 1 aromatic carbocycles. The number of hydrogen-bond acceptors (Lipinski definition) is 5. The van der Waals surface area contributed by atoms with E-state index in [0.717, 1.165) is 0 Å². The lowest BCUT2D eigenvalue weighted by Gasteiger charge is -2.20. The highest BCUT2D eigenvalue weighted by Gasteiger charge is 2.21. The third-order valence-electron chi connectivity index (χ3n) is 3.12. The topological polar surface area (TPSA) is 84.6 Å². The van der Waals surface area contributed by atoms with Gasteiger partial charge in [-0.1, -0.05) is 17.3 Å². The predicted octanol–water partition coefficient (Wildman–Crippen LogP) is 1.81. The van der Waals surface area contributed by atoms with E-state index in [2.05, 4.69) is 10.5 Å². The number of aromatic nitrogens is 1. The van der Waals surface area contributed by atoms with Crippen LogP contribution in [0.15, 0.2) is 34.9 Å². The number of aliphatic hydroxyl groups is 1. The van der Waals surface area contributed by atoms with Crippen molar-refractivity contribution in [2.24, 2.45) is 0 Å². The molecule has 0 radical (unpaired) electrons. The first kappa shape index (κ1) is 16.1. The molecule has 0 saturated heterocycles. The number of amides is 1. The summed E-state index contributed by atoms with van der Waals surface area (Å²) in [7, 11) is 1.50. The first-order valence-electron chi connectivity index (χ1n) is 6.70. The van der Waals surface area contributed by atoms with E-state index in [1.54, 1.807) is 6.92 Å². The molecule has 2 unspecified atom stereocenters. The van der Waals surface area contributed by atoms with Crippen molar-refractivity contribution in [1.82, 2.24) is 10.5 Å². The highest BCUT2D eigenvalue weighted by Crippen LogP contribution is 2.17. The van der Waals surface area contributed by atoms with Gasteiger partial charge in [-0.3, -0.25) is 4.79 Å². The van der Waals surface area contributed by atoms with Crippen LogP contribution >= 0.6 is 0 Å². The number of ether oxygens (including phenoxy) is 1. The average molecular weight is 308 g/mol. The summed E-state index contributed by atoms with van der Waals surface area (Å²) >= 11 is 0. The van der Waals surface area contributed by atoms with Crippen molar-refractivity contribution in [3.63, 3.8) is 0 Å². The fourth-order valence-electron chi connectivity index (χ4n) is 1.94. The number of hydrogen-bond donors (Lipinski definition) is 2. The molecule has 118 valence electrons. The number of carbonyl (C=O) groups is 1.